The van der Waals surface area contributed by atoms with Crippen LogP contribution in [-0.2, 0) is 30.4 Å². The third-order valence-corrected chi connectivity index (χ3v) is 7.30. The molecular weight excluding hydrogens is 465 g/mol. The maximum atomic E-state index is 13.7. The van der Waals surface area contributed by atoms with E-state index in [2.05, 4.69) is 12.2 Å². The highest BCUT2D eigenvalue weighted by Gasteiger charge is 2.34. The van der Waals surface area contributed by atoms with Crippen LogP contribution in [0.5, 0.6) is 0 Å². The molecule has 2 aromatic heterocycles. The molecule has 34 heavy (non-hydrogen) atoms. The maximum Gasteiger partial charge on any atom is 0.418 e. The van der Waals surface area contributed by atoms with E-state index in [-0.39, 0.29) is 11.2 Å². The van der Waals surface area contributed by atoms with Gasteiger partial charge in [-0.3, -0.25) is 14.2 Å². The highest BCUT2D eigenvalue weighted by atomic mass is 32.1. The number of hydrogen-bond acceptors (Lipinski definition) is 5. The quantitative estimate of drug-likeness (QED) is 0.552. The number of nitrogens with zero attached hydrogens (tertiary/aromatic N) is 3. The van der Waals surface area contributed by atoms with E-state index in [0.29, 0.717) is 28.5 Å². The molecule has 0 fully saturated rings. The lowest BCUT2D eigenvalue weighted by molar-refractivity contribution is -0.137. The number of thiophene rings is 1. The van der Waals surface area contributed by atoms with Gasteiger partial charge in [0.25, 0.3) is 5.56 Å². The molecule has 2 heterocycles. The van der Waals surface area contributed by atoms with E-state index in [4.69, 9.17) is 4.98 Å². The standard InChI is InChI=1S/C24H27F3N4O2S/c1-13-9-10-15-18(11-13)34-22-20(15)23(33)31(19(29-22)12-30(3)4)14(2)21(32)28-17-8-6-5-7-16(17)24(25,26)27/h5-8,13-14H,9-12H2,1-4H3,(H,28,32). The molecule has 1 aliphatic carbocycles. The van der Waals surface area contributed by atoms with E-state index >= 15 is 0 Å². The lowest BCUT2D eigenvalue weighted by Gasteiger charge is -2.22. The number of alkyl halides is 3. The molecule has 0 spiro atoms. The Balaban J connectivity index is 1.79. The summed E-state index contributed by atoms with van der Waals surface area (Å²) in [6, 6.07) is 3.75. The number of amides is 1. The smallest absolute Gasteiger partial charge is 0.324 e. The fourth-order valence-electron chi connectivity index (χ4n) is 4.43. The van der Waals surface area contributed by atoms with Gasteiger partial charge in [0.1, 0.15) is 16.7 Å². The SMILES string of the molecule is CC1CCc2c(sc3nc(CN(C)C)n(C(C)C(=O)Nc4ccccc4C(F)(F)F)c(=O)c23)C1. The van der Waals surface area contributed by atoms with Crippen molar-refractivity contribution in [2.45, 2.75) is 51.9 Å². The Morgan fingerprint density at radius 2 is 2.03 bits per heavy atom. The van der Waals surface area contributed by atoms with Crippen molar-refractivity contribution in [2.75, 3.05) is 19.4 Å². The van der Waals surface area contributed by atoms with Gasteiger partial charge in [-0.1, -0.05) is 19.1 Å². The summed E-state index contributed by atoms with van der Waals surface area (Å²) in [5, 5.41) is 2.91. The van der Waals surface area contributed by atoms with Crippen molar-refractivity contribution < 1.29 is 18.0 Å². The topological polar surface area (TPSA) is 67.2 Å². The highest BCUT2D eigenvalue weighted by molar-refractivity contribution is 7.18. The maximum absolute atomic E-state index is 13.7. The first-order valence-electron chi connectivity index (χ1n) is 11.1. The zero-order valence-corrected chi connectivity index (χ0v) is 20.3. The molecule has 3 aromatic rings. The second kappa shape index (κ2) is 9.14. The van der Waals surface area contributed by atoms with Crippen LogP contribution in [0.15, 0.2) is 29.1 Å². The average molecular weight is 493 g/mol. The number of para-hydroxylation sites is 1. The molecule has 0 aliphatic heterocycles. The van der Waals surface area contributed by atoms with E-state index in [9.17, 15) is 22.8 Å². The number of carbonyl (C=O) groups is 1. The Bertz CT molecular complexity index is 1300. The van der Waals surface area contributed by atoms with Gasteiger partial charge in [0.2, 0.25) is 5.91 Å². The molecular formula is C24H27F3N4O2S. The predicted octanol–water partition coefficient (Wildman–Crippen LogP) is 4.86. The van der Waals surface area contributed by atoms with E-state index in [1.54, 1.807) is 0 Å². The molecule has 2 unspecified atom stereocenters. The number of anilines is 1. The van der Waals surface area contributed by atoms with Crippen molar-refractivity contribution in [3.8, 4) is 0 Å². The van der Waals surface area contributed by atoms with Gasteiger partial charge in [-0.05, 0) is 63.9 Å². The Kier molecular flexibility index (Phi) is 6.56. The zero-order valence-electron chi connectivity index (χ0n) is 19.5. The van der Waals surface area contributed by atoms with Crippen LogP contribution in [0, 0.1) is 5.92 Å². The summed E-state index contributed by atoms with van der Waals surface area (Å²) >= 11 is 1.53. The monoisotopic (exact) mass is 492 g/mol. The molecule has 0 saturated heterocycles. The van der Waals surface area contributed by atoms with Crippen LogP contribution in [0.4, 0.5) is 18.9 Å². The van der Waals surface area contributed by atoms with Crippen LogP contribution in [0.1, 0.15) is 48.1 Å². The summed E-state index contributed by atoms with van der Waals surface area (Å²) in [5.41, 5.74) is -0.604. The Hall–Kier alpha value is -2.72. The average Bonchev–Trinajstić information content (AvgIpc) is 3.10. The fourth-order valence-corrected chi connectivity index (χ4v) is 5.82. The molecule has 1 aliphatic rings. The van der Waals surface area contributed by atoms with Gasteiger partial charge >= 0.3 is 6.18 Å². The van der Waals surface area contributed by atoms with Crippen molar-refractivity contribution in [3.63, 3.8) is 0 Å². The van der Waals surface area contributed by atoms with Crippen LogP contribution in [0.2, 0.25) is 0 Å². The van der Waals surface area contributed by atoms with Crippen LogP contribution in [-0.4, -0.2) is 34.5 Å². The highest BCUT2D eigenvalue weighted by Crippen LogP contribution is 2.37. The first kappa shape index (κ1) is 24.4. The molecule has 0 radical (unpaired) electrons. The molecule has 1 aromatic carbocycles. The van der Waals surface area contributed by atoms with Gasteiger partial charge in [-0.15, -0.1) is 11.3 Å². The molecule has 0 bridgehead atoms. The normalized spacial score (nSPS) is 17.1. The number of benzene rings is 1. The number of rotatable bonds is 5. The minimum atomic E-state index is -4.62. The van der Waals surface area contributed by atoms with Gasteiger partial charge in [0, 0.05) is 4.88 Å². The number of nitrogens with one attached hydrogen (secondary N) is 1. The third-order valence-electron chi connectivity index (χ3n) is 6.15. The van der Waals surface area contributed by atoms with Gasteiger partial charge in [-0.25, -0.2) is 4.98 Å². The Morgan fingerprint density at radius 1 is 1.32 bits per heavy atom. The predicted molar refractivity (Wildman–Crippen MR) is 127 cm³/mol. The summed E-state index contributed by atoms with van der Waals surface area (Å²) in [5.74, 6) is 0.223. The minimum Gasteiger partial charge on any atom is -0.324 e. The molecule has 10 heteroatoms. The molecule has 182 valence electrons. The van der Waals surface area contributed by atoms with E-state index in [1.807, 2.05) is 19.0 Å². The van der Waals surface area contributed by atoms with Crippen molar-refractivity contribution in [3.05, 3.63) is 56.4 Å². The summed E-state index contributed by atoms with van der Waals surface area (Å²) in [7, 11) is 3.65. The molecule has 6 nitrogen and oxygen atoms in total. The van der Waals surface area contributed by atoms with Crippen LogP contribution in [0.25, 0.3) is 10.2 Å². The fraction of sp³-hybridized carbons (Fsp3) is 0.458. The molecule has 1 amide bonds. The number of hydrogen-bond donors (Lipinski definition) is 1. The summed E-state index contributed by atoms with van der Waals surface area (Å²) in [6.07, 6.45) is -1.97. The van der Waals surface area contributed by atoms with Gasteiger partial charge in [-0.2, -0.15) is 13.2 Å². The van der Waals surface area contributed by atoms with E-state index in [1.165, 1.54) is 41.0 Å². The summed E-state index contributed by atoms with van der Waals surface area (Å²) < 4.78 is 41.5. The zero-order chi connectivity index (χ0) is 24.8. The Labute approximate surface area is 199 Å². The number of aryl methyl sites for hydroxylation is 1. The van der Waals surface area contributed by atoms with E-state index < -0.39 is 23.7 Å². The number of fused-ring (bicyclic) bond motifs is 3. The molecule has 1 N–H and O–H groups in total. The largest absolute Gasteiger partial charge is 0.418 e. The summed E-state index contributed by atoms with van der Waals surface area (Å²) in [4.78, 5) is 35.2. The number of halogens is 3. The Morgan fingerprint density at radius 3 is 2.71 bits per heavy atom. The van der Waals surface area contributed by atoms with Crippen molar-refractivity contribution in [1.82, 2.24) is 14.5 Å². The third kappa shape index (κ3) is 4.61. The number of carbonyl (C=O) groups excluding carboxylic acids is 1. The molecule has 0 saturated carbocycles. The lowest BCUT2D eigenvalue weighted by atomic mass is 9.89. The van der Waals surface area contributed by atoms with E-state index in [0.717, 1.165) is 35.8 Å². The summed E-state index contributed by atoms with van der Waals surface area (Å²) in [6.45, 7) is 4.00. The molecule has 4 rings (SSSR count). The molecule has 2 atom stereocenters. The van der Waals surface area contributed by atoms with Gasteiger partial charge in [0.15, 0.2) is 0 Å². The first-order valence-corrected chi connectivity index (χ1v) is 12.0. The van der Waals surface area contributed by atoms with Crippen molar-refractivity contribution in [1.29, 1.82) is 0 Å². The number of aromatic nitrogens is 2. The van der Waals surface area contributed by atoms with Crippen LogP contribution < -0.4 is 10.9 Å². The van der Waals surface area contributed by atoms with Crippen molar-refractivity contribution >= 4 is 33.1 Å². The van der Waals surface area contributed by atoms with Gasteiger partial charge < -0.3 is 10.2 Å². The van der Waals surface area contributed by atoms with Crippen LogP contribution >= 0.6 is 11.3 Å². The lowest BCUT2D eigenvalue weighted by Crippen LogP contribution is -2.36. The minimum absolute atomic E-state index is 0.306. The first-order chi connectivity index (χ1) is 16.0. The second-order valence-electron chi connectivity index (χ2n) is 9.18. The second-order valence-corrected chi connectivity index (χ2v) is 10.3. The van der Waals surface area contributed by atoms with Crippen LogP contribution in [0.3, 0.4) is 0 Å². The van der Waals surface area contributed by atoms with Gasteiger partial charge in [0.05, 0.1) is 23.2 Å². The van der Waals surface area contributed by atoms with Crippen molar-refractivity contribution in [2.24, 2.45) is 5.92 Å².